The van der Waals surface area contributed by atoms with Gasteiger partial charge in [-0.2, -0.15) is 0 Å². The highest BCUT2D eigenvalue weighted by Gasteiger charge is 2.33. The maximum atomic E-state index is 13.9. The van der Waals surface area contributed by atoms with Crippen LogP contribution in [0.2, 0.25) is 0 Å². The van der Waals surface area contributed by atoms with Crippen LogP contribution in [0.5, 0.6) is 0 Å². The van der Waals surface area contributed by atoms with Crippen molar-refractivity contribution in [2.75, 3.05) is 13.1 Å². The fourth-order valence-electron chi connectivity index (χ4n) is 9.17. The minimum absolute atomic E-state index is 0.00210. The van der Waals surface area contributed by atoms with Crippen LogP contribution >= 0.6 is 0 Å². The highest BCUT2D eigenvalue weighted by atomic mass is 16.5. The van der Waals surface area contributed by atoms with Crippen LogP contribution in [0.15, 0.2) is 88.2 Å². The third kappa shape index (κ3) is 12.5. The zero-order valence-corrected chi connectivity index (χ0v) is 41.2. The molecule has 378 valence electrons. The van der Waals surface area contributed by atoms with Crippen LogP contribution in [0.3, 0.4) is 0 Å². The van der Waals surface area contributed by atoms with E-state index in [0.29, 0.717) is 48.4 Å². The summed E-state index contributed by atoms with van der Waals surface area (Å²) in [7, 11) is 0. The highest BCUT2D eigenvalue weighted by Crippen LogP contribution is 2.24. The number of H-pyrrole nitrogens is 2. The van der Waals surface area contributed by atoms with Crippen molar-refractivity contribution >= 4 is 35.4 Å². The van der Waals surface area contributed by atoms with Gasteiger partial charge in [-0.15, -0.1) is 0 Å². The van der Waals surface area contributed by atoms with E-state index in [9.17, 15) is 28.8 Å². The van der Waals surface area contributed by atoms with E-state index in [2.05, 4.69) is 51.5 Å². The molecule has 0 radical (unpaired) electrons. The van der Waals surface area contributed by atoms with Gasteiger partial charge in [0.2, 0.25) is 23.6 Å². The van der Waals surface area contributed by atoms with Gasteiger partial charge >= 0.3 is 0 Å². The van der Waals surface area contributed by atoms with Gasteiger partial charge in [-0.1, -0.05) is 64.9 Å². The first kappa shape index (κ1) is 50.5. The number of aromatic amines is 2. The predicted octanol–water partition coefficient (Wildman–Crippen LogP) is 5.88. The number of carbonyl (C=O) groups excluding carboxylic acids is 6. The van der Waals surface area contributed by atoms with Crippen molar-refractivity contribution in [1.82, 2.24) is 61.3 Å². The molecule has 0 aliphatic carbocycles. The second-order valence-electron chi connectivity index (χ2n) is 18.9. The molecule has 1 unspecified atom stereocenters. The lowest BCUT2D eigenvalue weighted by molar-refractivity contribution is -0.137. The number of nitrogens with one attached hydrogen (secondary N) is 6. The Morgan fingerprint density at radius 3 is 1.61 bits per heavy atom. The Labute approximate surface area is 416 Å². The minimum atomic E-state index is -1.20. The van der Waals surface area contributed by atoms with Gasteiger partial charge in [0.05, 0.1) is 48.7 Å². The Balaban J connectivity index is 0.880. The Kier molecular flexibility index (Phi) is 16.1. The number of amides is 6. The standard InChI is InChI=1S/C52H62N12O8/c1-30-13-9-11-21-63(30)45(65)26-39(59-51(69)41-23-32(3)71-61-41)49(67)56-34(5)48-54-29-44(58-48)37-19-17-35(18-20-37)24-38-25-42(62-72-38)52(70)60-40(27-46(66)64-22-12-10-14-31(64)2)50(68)55-33(4)47-53-28-43(57-47)36-15-7-6-8-16-36/h6-8,15-20,23,25,28-31,33-34,39-40H,9-14,21-22,24,26-27H2,1-5H3,(H,53,57)(H,54,58)(H,55,68)(H,56,67)(H,59,69)(H,60,70)/t30?,31-,33-,34-,39-,40-/m0/s1. The van der Waals surface area contributed by atoms with Crippen molar-refractivity contribution in [1.29, 1.82) is 0 Å². The van der Waals surface area contributed by atoms with Crippen molar-refractivity contribution in [3.63, 3.8) is 0 Å². The third-order valence-electron chi connectivity index (χ3n) is 13.4. The molecular formula is C52H62N12O8. The molecule has 6 amide bonds. The van der Waals surface area contributed by atoms with Crippen molar-refractivity contribution in [3.05, 3.63) is 119 Å². The van der Waals surface area contributed by atoms with Gasteiger partial charge in [0, 0.05) is 43.7 Å². The summed E-state index contributed by atoms with van der Waals surface area (Å²) in [4.78, 5) is 100. The Morgan fingerprint density at radius 2 is 1.12 bits per heavy atom. The average molecular weight is 983 g/mol. The second-order valence-corrected chi connectivity index (χ2v) is 18.9. The molecule has 20 heteroatoms. The van der Waals surface area contributed by atoms with Gasteiger partial charge in [0.25, 0.3) is 11.8 Å². The highest BCUT2D eigenvalue weighted by molar-refractivity contribution is 5.99. The molecule has 0 bridgehead atoms. The van der Waals surface area contributed by atoms with E-state index < -0.39 is 47.8 Å². The summed E-state index contributed by atoms with van der Waals surface area (Å²) in [6.45, 7) is 10.3. The molecule has 6 atom stereocenters. The number of rotatable bonds is 18. The second kappa shape index (κ2) is 22.9. The first-order chi connectivity index (χ1) is 34.7. The van der Waals surface area contributed by atoms with Crippen LogP contribution in [0.25, 0.3) is 22.5 Å². The van der Waals surface area contributed by atoms with Gasteiger partial charge in [-0.05, 0) is 89.8 Å². The van der Waals surface area contributed by atoms with Crippen LogP contribution in [0.4, 0.5) is 0 Å². The lowest BCUT2D eigenvalue weighted by atomic mass is 10.0. The SMILES string of the molecule is Cc1cc(C(=O)N[C@@H](CC(=O)N2CCCCC2C)C(=O)N[C@@H](C)c2ncc(-c3ccc(Cc4cc(C(=O)N[C@@H](CC(=O)N5CCCC[C@@H]5C)C(=O)N[C@@H](C)c5ncc(-c6ccccc6)[nH]5)no4)cc3)[nH]2)no1. The average Bonchev–Trinajstić information content (AvgIpc) is 4.23. The van der Waals surface area contributed by atoms with Crippen LogP contribution in [-0.2, 0) is 25.6 Å². The fraction of sp³-hybridized carbons (Fsp3) is 0.423. The van der Waals surface area contributed by atoms with E-state index in [4.69, 9.17) is 9.05 Å². The van der Waals surface area contributed by atoms with E-state index in [0.717, 1.165) is 60.9 Å². The van der Waals surface area contributed by atoms with E-state index in [1.54, 1.807) is 43.0 Å². The number of likely N-dealkylation sites (tertiary alicyclic amines) is 2. The molecular weight excluding hydrogens is 921 g/mol. The molecule has 6 heterocycles. The first-order valence-electron chi connectivity index (χ1n) is 24.6. The minimum Gasteiger partial charge on any atom is -0.361 e. The lowest BCUT2D eigenvalue weighted by Crippen LogP contribution is -2.51. The van der Waals surface area contributed by atoms with Crippen molar-refractivity contribution in [2.45, 2.75) is 129 Å². The fourth-order valence-corrected chi connectivity index (χ4v) is 9.17. The van der Waals surface area contributed by atoms with Gasteiger partial charge < -0.3 is 50.1 Å². The third-order valence-corrected chi connectivity index (χ3v) is 13.4. The summed E-state index contributed by atoms with van der Waals surface area (Å²) in [5.41, 5.74) is 4.02. The number of hydrogen-bond donors (Lipinski definition) is 6. The quantitative estimate of drug-likeness (QED) is 0.0590. The molecule has 0 spiro atoms. The Hall–Kier alpha value is -7.90. The Bertz CT molecular complexity index is 2850. The van der Waals surface area contributed by atoms with Gasteiger partial charge in [-0.3, -0.25) is 28.8 Å². The number of carbonyl (C=O) groups is 6. The van der Waals surface area contributed by atoms with Crippen molar-refractivity contribution < 1.29 is 37.8 Å². The van der Waals surface area contributed by atoms with Crippen LogP contribution < -0.4 is 21.3 Å². The lowest BCUT2D eigenvalue weighted by Gasteiger charge is -2.34. The van der Waals surface area contributed by atoms with E-state index in [1.165, 1.54) is 12.1 Å². The molecule has 6 N–H and O–H groups in total. The summed E-state index contributed by atoms with van der Waals surface area (Å²) in [6.07, 6.45) is 8.70. The van der Waals surface area contributed by atoms with E-state index in [1.807, 2.05) is 68.4 Å². The summed E-state index contributed by atoms with van der Waals surface area (Å²) >= 11 is 0. The molecule has 2 aliphatic rings. The maximum Gasteiger partial charge on any atom is 0.274 e. The monoisotopic (exact) mass is 982 g/mol. The molecule has 2 fully saturated rings. The molecule has 6 aromatic rings. The first-order valence-corrected chi connectivity index (χ1v) is 24.6. The van der Waals surface area contributed by atoms with Crippen LogP contribution in [0, 0.1) is 6.92 Å². The van der Waals surface area contributed by atoms with E-state index >= 15 is 0 Å². The number of piperidine rings is 2. The molecule has 8 rings (SSSR count). The molecule has 2 saturated heterocycles. The molecule has 2 aliphatic heterocycles. The number of nitrogens with zero attached hydrogens (tertiary/aromatic N) is 6. The van der Waals surface area contributed by atoms with Gasteiger partial charge in [0.15, 0.2) is 11.4 Å². The molecule has 72 heavy (non-hydrogen) atoms. The summed E-state index contributed by atoms with van der Waals surface area (Å²) < 4.78 is 10.6. The smallest absolute Gasteiger partial charge is 0.274 e. The largest absolute Gasteiger partial charge is 0.361 e. The number of aromatic nitrogens is 6. The number of aryl methyl sites for hydroxylation is 1. The van der Waals surface area contributed by atoms with Crippen molar-refractivity contribution in [3.8, 4) is 22.5 Å². The summed E-state index contributed by atoms with van der Waals surface area (Å²) in [6, 6.07) is 16.7. The Morgan fingerprint density at radius 1 is 0.639 bits per heavy atom. The summed E-state index contributed by atoms with van der Waals surface area (Å²) in [5, 5.41) is 19.0. The number of benzene rings is 2. The topological polar surface area (TPSA) is 266 Å². The molecule has 0 saturated carbocycles. The normalized spacial score (nSPS) is 17.6. The molecule has 4 aromatic heterocycles. The predicted molar refractivity (Wildman–Crippen MR) is 264 cm³/mol. The van der Waals surface area contributed by atoms with Gasteiger partial charge in [-0.25, -0.2) is 9.97 Å². The maximum absolute atomic E-state index is 13.9. The molecule has 2 aromatic carbocycles. The number of imidazole rings is 2. The zero-order valence-electron chi connectivity index (χ0n) is 41.2. The van der Waals surface area contributed by atoms with E-state index in [-0.39, 0.29) is 48.1 Å². The van der Waals surface area contributed by atoms with Crippen LogP contribution in [-0.4, -0.2) is 113 Å². The van der Waals surface area contributed by atoms with Gasteiger partial charge in [0.1, 0.15) is 35.3 Å². The number of hydrogen-bond acceptors (Lipinski definition) is 12. The van der Waals surface area contributed by atoms with Crippen LogP contribution in [0.1, 0.15) is 141 Å². The summed E-state index contributed by atoms with van der Waals surface area (Å²) in [5.74, 6) is -1.04. The molecule has 20 nitrogen and oxygen atoms in total. The zero-order chi connectivity index (χ0) is 50.9. The van der Waals surface area contributed by atoms with Crippen molar-refractivity contribution in [2.24, 2.45) is 0 Å².